The van der Waals surface area contributed by atoms with Crippen molar-refractivity contribution in [1.29, 1.82) is 0 Å². The molecule has 6 heteroatoms. The van der Waals surface area contributed by atoms with Gasteiger partial charge in [-0.05, 0) is 32.1 Å². The summed E-state index contributed by atoms with van der Waals surface area (Å²) < 4.78 is 26.5. The summed E-state index contributed by atoms with van der Waals surface area (Å²) in [5.74, 6) is -2.65. The molecule has 0 bridgehead atoms. The van der Waals surface area contributed by atoms with Crippen molar-refractivity contribution in [3.8, 4) is 0 Å². The molecule has 0 aromatic heterocycles. The Hall–Kier alpha value is -1.53. The van der Waals surface area contributed by atoms with Crippen LogP contribution in [0.2, 0.25) is 0 Å². The fourth-order valence-corrected chi connectivity index (χ4v) is 2.35. The SMILES string of the molecule is CN1CCN(CCCNC(=O)c2cccc(F)c2F)CC1. The van der Waals surface area contributed by atoms with Gasteiger partial charge in [-0.2, -0.15) is 0 Å². The molecular weight excluding hydrogens is 276 g/mol. The van der Waals surface area contributed by atoms with E-state index in [1.165, 1.54) is 12.1 Å². The molecule has 1 aliphatic heterocycles. The van der Waals surface area contributed by atoms with Gasteiger partial charge in [-0.1, -0.05) is 6.07 Å². The maximum Gasteiger partial charge on any atom is 0.254 e. The van der Waals surface area contributed by atoms with E-state index in [4.69, 9.17) is 0 Å². The van der Waals surface area contributed by atoms with Gasteiger partial charge in [0.1, 0.15) is 0 Å². The zero-order valence-electron chi connectivity index (χ0n) is 12.2. The minimum absolute atomic E-state index is 0.241. The lowest BCUT2D eigenvalue weighted by atomic mass is 10.2. The van der Waals surface area contributed by atoms with Crippen LogP contribution in [-0.2, 0) is 0 Å². The molecule has 0 saturated carbocycles. The Morgan fingerprint density at radius 1 is 1.24 bits per heavy atom. The number of carbonyl (C=O) groups is 1. The van der Waals surface area contributed by atoms with Crippen LogP contribution in [0.5, 0.6) is 0 Å². The third-order valence-electron chi connectivity index (χ3n) is 3.73. The van der Waals surface area contributed by atoms with Gasteiger partial charge in [0.05, 0.1) is 5.56 Å². The average molecular weight is 297 g/mol. The second-order valence-corrected chi connectivity index (χ2v) is 5.36. The molecule has 0 radical (unpaired) electrons. The number of halogens is 2. The van der Waals surface area contributed by atoms with Crippen LogP contribution in [0.25, 0.3) is 0 Å². The van der Waals surface area contributed by atoms with Gasteiger partial charge in [0.2, 0.25) is 0 Å². The largest absolute Gasteiger partial charge is 0.352 e. The number of rotatable bonds is 5. The quantitative estimate of drug-likeness (QED) is 0.833. The van der Waals surface area contributed by atoms with Gasteiger partial charge in [-0.25, -0.2) is 8.78 Å². The number of nitrogens with one attached hydrogen (secondary N) is 1. The van der Waals surface area contributed by atoms with Gasteiger partial charge in [0, 0.05) is 32.7 Å². The van der Waals surface area contributed by atoms with E-state index in [1.807, 2.05) is 0 Å². The summed E-state index contributed by atoms with van der Waals surface area (Å²) >= 11 is 0. The smallest absolute Gasteiger partial charge is 0.254 e. The Morgan fingerprint density at radius 3 is 2.67 bits per heavy atom. The highest BCUT2D eigenvalue weighted by molar-refractivity contribution is 5.94. The topological polar surface area (TPSA) is 35.6 Å². The summed E-state index contributed by atoms with van der Waals surface area (Å²) in [6.07, 6.45) is 0.798. The standard InChI is InChI=1S/C15H21F2N3O/c1-19-8-10-20(11-9-19)7-3-6-18-15(21)12-4-2-5-13(16)14(12)17/h2,4-5H,3,6-11H2,1H3,(H,18,21). The van der Waals surface area contributed by atoms with Crippen molar-refractivity contribution >= 4 is 5.91 Å². The third kappa shape index (κ3) is 4.47. The van der Waals surface area contributed by atoms with Crippen LogP contribution in [0, 0.1) is 11.6 Å². The predicted molar refractivity (Wildman–Crippen MR) is 77.2 cm³/mol. The van der Waals surface area contributed by atoms with Crippen LogP contribution in [0.1, 0.15) is 16.8 Å². The molecule has 0 unspecified atom stereocenters. The van der Waals surface area contributed by atoms with Gasteiger partial charge in [0.25, 0.3) is 5.91 Å². The Morgan fingerprint density at radius 2 is 1.95 bits per heavy atom. The number of benzene rings is 1. The molecule has 21 heavy (non-hydrogen) atoms. The lowest BCUT2D eigenvalue weighted by Gasteiger charge is -2.32. The van der Waals surface area contributed by atoms with Crippen molar-refractivity contribution in [3.63, 3.8) is 0 Å². The molecular formula is C15H21F2N3O. The second kappa shape index (κ2) is 7.47. The Bertz CT molecular complexity index is 488. The van der Waals surface area contributed by atoms with Crippen molar-refractivity contribution in [1.82, 2.24) is 15.1 Å². The number of nitrogens with zero attached hydrogens (tertiary/aromatic N) is 2. The number of likely N-dealkylation sites (N-methyl/N-ethyl adjacent to an activating group) is 1. The Kier molecular flexibility index (Phi) is 5.64. The first kappa shape index (κ1) is 15.9. The van der Waals surface area contributed by atoms with Crippen molar-refractivity contribution in [2.75, 3.05) is 46.3 Å². The molecule has 0 atom stereocenters. The molecule has 2 rings (SSSR count). The first-order chi connectivity index (χ1) is 10.1. The van der Waals surface area contributed by atoms with E-state index in [0.29, 0.717) is 6.54 Å². The summed E-state index contributed by atoms with van der Waals surface area (Å²) in [5.41, 5.74) is -0.241. The van der Waals surface area contributed by atoms with E-state index in [0.717, 1.165) is 45.2 Å². The third-order valence-corrected chi connectivity index (χ3v) is 3.73. The lowest BCUT2D eigenvalue weighted by Crippen LogP contribution is -2.45. The molecule has 1 amide bonds. The van der Waals surface area contributed by atoms with E-state index in [1.54, 1.807) is 0 Å². The van der Waals surface area contributed by atoms with Gasteiger partial charge in [0.15, 0.2) is 11.6 Å². The first-order valence-corrected chi connectivity index (χ1v) is 7.21. The lowest BCUT2D eigenvalue weighted by molar-refractivity contribution is 0.0944. The second-order valence-electron chi connectivity index (χ2n) is 5.36. The highest BCUT2D eigenvalue weighted by Crippen LogP contribution is 2.11. The molecule has 1 N–H and O–H groups in total. The molecule has 0 aliphatic carbocycles. The maximum absolute atomic E-state index is 13.4. The van der Waals surface area contributed by atoms with E-state index < -0.39 is 17.5 Å². The van der Waals surface area contributed by atoms with Crippen molar-refractivity contribution < 1.29 is 13.6 Å². The van der Waals surface area contributed by atoms with Crippen LogP contribution in [0.15, 0.2) is 18.2 Å². The summed E-state index contributed by atoms with van der Waals surface area (Å²) in [7, 11) is 2.10. The van der Waals surface area contributed by atoms with Crippen molar-refractivity contribution in [3.05, 3.63) is 35.4 Å². The minimum atomic E-state index is -1.09. The Labute approximate surface area is 123 Å². The van der Waals surface area contributed by atoms with Crippen molar-refractivity contribution in [2.24, 2.45) is 0 Å². The fourth-order valence-electron chi connectivity index (χ4n) is 2.35. The number of piperazine rings is 1. The molecule has 116 valence electrons. The number of carbonyl (C=O) groups excluding carboxylic acids is 1. The van der Waals surface area contributed by atoms with Crippen molar-refractivity contribution in [2.45, 2.75) is 6.42 Å². The van der Waals surface area contributed by atoms with E-state index in [-0.39, 0.29) is 5.56 Å². The average Bonchev–Trinajstić information content (AvgIpc) is 2.48. The minimum Gasteiger partial charge on any atom is -0.352 e. The number of hydrogen-bond acceptors (Lipinski definition) is 3. The molecule has 1 aliphatic rings. The normalized spacial score (nSPS) is 16.9. The predicted octanol–water partition coefficient (Wildman–Crippen LogP) is 1.33. The molecule has 1 aromatic carbocycles. The highest BCUT2D eigenvalue weighted by Gasteiger charge is 2.15. The molecule has 1 saturated heterocycles. The summed E-state index contributed by atoms with van der Waals surface area (Å²) in [6, 6.07) is 3.62. The van der Waals surface area contributed by atoms with Crippen LogP contribution >= 0.6 is 0 Å². The van der Waals surface area contributed by atoms with Gasteiger partial charge >= 0.3 is 0 Å². The van der Waals surface area contributed by atoms with Gasteiger partial charge < -0.3 is 15.1 Å². The maximum atomic E-state index is 13.4. The monoisotopic (exact) mass is 297 g/mol. The summed E-state index contributed by atoms with van der Waals surface area (Å²) in [4.78, 5) is 16.4. The molecule has 4 nitrogen and oxygen atoms in total. The van der Waals surface area contributed by atoms with Crippen LogP contribution in [0.4, 0.5) is 8.78 Å². The molecule has 1 heterocycles. The number of amides is 1. The van der Waals surface area contributed by atoms with Crippen LogP contribution < -0.4 is 5.32 Å². The fraction of sp³-hybridized carbons (Fsp3) is 0.533. The van der Waals surface area contributed by atoms with E-state index in [2.05, 4.69) is 22.2 Å². The van der Waals surface area contributed by atoms with Gasteiger partial charge in [-0.15, -0.1) is 0 Å². The zero-order chi connectivity index (χ0) is 15.2. The molecule has 1 aromatic rings. The van der Waals surface area contributed by atoms with E-state index in [9.17, 15) is 13.6 Å². The zero-order valence-corrected chi connectivity index (χ0v) is 12.2. The number of hydrogen-bond donors (Lipinski definition) is 1. The summed E-state index contributed by atoms with van der Waals surface area (Å²) in [6.45, 7) is 5.54. The van der Waals surface area contributed by atoms with Gasteiger partial charge in [-0.3, -0.25) is 4.79 Å². The Balaban J connectivity index is 1.71. The molecule has 1 fully saturated rings. The van der Waals surface area contributed by atoms with E-state index >= 15 is 0 Å². The first-order valence-electron chi connectivity index (χ1n) is 7.21. The van der Waals surface area contributed by atoms with Crippen LogP contribution in [-0.4, -0.2) is 62.0 Å². The molecule has 0 spiro atoms. The van der Waals surface area contributed by atoms with Crippen LogP contribution in [0.3, 0.4) is 0 Å². The summed E-state index contributed by atoms with van der Waals surface area (Å²) in [5, 5.41) is 2.63. The highest BCUT2D eigenvalue weighted by atomic mass is 19.2.